The molecule has 0 rings (SSSR count). The first kappa shape index (κ1) is 11.8. The van der Waals surface area contributed by atoms with E-state index in [2.05, 4.69) is 0 Å². The zero-order chi connectivity index (χ0) is 9.23. The van der Waals surface area contributed by atoms with E-state index in [0.717, 1.165) is 6.61 Å². The van der Waals surface area contributed by atoms with Crippen molar-refractivity contribution in [2.75, 3.05) is 47.1 Å². The van der Waals surface area contributed by atoms with E-state index >= 15 is 0 Å². The van der Waals surface area contributed by atoms with Crippen LogP contribution in [0.15, 0.2) is 0 Å². The summed E-state index contributed by atoms with van der Waals surface area (Å²) in [6.07, 6.45) is 0. The van der Waals surface area contributed by atoms with Crippen LogP contribution in [0.2, 0.25) is 0 Å². The summed E-state index contributed by atoms with van der Waals surface area (Å²) in [5.74, 6) is 0. The Bertz CT molecular complexity index is 88.4. The Hall–Kier alpha value is -0.160. The van der Waals surface area contributed by atoms with E-state index in [-0.39, 0.29) is 0 Å². The van der Waals surface area contributed by atoms with Gasteiger partial charge in [0.15, 0.2) is 0 Å². The molecule has 0 aromatic heterocycles. The summed E-state index contributed by atoms with van der Waals surface area (Å²) in [4.78, 5) is 5.12. The Morgan fingerprint density at radius 2 is 1.50 bits per heavy atom. The molecule has 74 valence electrons. The van der Waals surface area contributed by atoms with Crippen molar-refractivity contribution in [2.45, 2.75) is 6.92 Å². The molecule has 0 aliphatic carbocycles. The summed E-state index contributed by atoms with van der Waals surface area (Å²) in [7, 11) is 3.69. The van der Waals surface area contributed by atoms with Crippen LogP contribution in [0, 0.1) is 0 Å². The van der Waals surface area contributed by atoms with Crippen molar-refractivity contribution in [3.8, 4) is 0 Å². The molecule has 0 radical (unpaired) electrons. The second kappa shape index (κ2) is 8.93. The van der Waals surface area contributed by atoms with Crippen molar-refractivity contribution in [3.63, 3.8) is 0 Å². The Balaban J connectivity index is 2.82. The van der Waals surface area contributed by atoms with Gasteiger partial charge in [-0.05, 0) is 6.92 Å². The van der Waals surface area contributed by atoms with E-state index < -0.39 is 0 Å². The molecule has 0 aliphatic rings. The zero-order valence-corrected chi connectivity index (χ0v) is 8.21. The van der Waals surface area contributed by atoms with Crippen LogP contribution in [0.5, 0.6) is 0 Å². The third-order valence-corrected chi connectivity index (χ3v) is 1.15. The van der Waals surface area contributed by atoms with E-state index in [1.807, 2.05) is 21.0 Å². The lowest BCUT2D eigenvalue weighted by Gasteiger charge is -2.10. The fourth-order valence-corrected chi connectivity index (χ4v) is 0.643. The van der Waals surface area contributed by atoms with Crippen molar-refractivity contribution < 1.29 is 14.3 Å². The maximum Gasteiger partial charge on any atom is 0.0918 e. The molecule has 4 heteroatoms. The average Bonchev–Trinajstić information content (AvgIpc) is 2.02. The smallest absolute Gasteiger partial charge is 0.0918 e. The molecule has 0 bridgehead atoms. The second-order valence-corrected chi connectivity index (χ2v) is 2.45. The molecule has 0 fully saturated rings. The first-order chi connectivity index (χ1) is 5.77. The summed E-state index contributed by atoms with van der Waals surface area (Å²) in [6, 6.07) is 0. The highest BCUT2D eigenvalue weighted by Crippen LogP contribution is 1.81. The van der Waals surface area contributed by atoms with Gasteiger partial charge < -0.3 is 9.47 Å². The van der Waals surface area contributed by atoms with Gasteiger partial charge in [-0.2, -0.15) is 5.06 Å². The molecule has 0 aliphatic heterocycles. The topological polar surface area (TPSA) is 30.9 Å². The SMILES string of the molecule is CCOCCOCCON(C)C. The summed E-state index contributed by atoms with van der Waals surface area (Å²) >= 11 is 0. The van der Waals surface area contributed by atoms with Gasteiger partial charge in [-0.15, -0.1) is 0 Å². The predicted octanol–water partition coefficient (Wildman–Crippen LogP) is 0.533. The summed E-state index contributed by atoms with van der Waals surface area (Å²) < 4.78 is 10.3. The molecule has 0 amide bonds. The Kier molecular flexibility index (Phi) is 8.81. The number of hydrogen-bond donors (Lipinski definition) is 0. The largest absolute Gasteiger partial charge is 0.379 e. The normalized spacial score (nSPS) is 11.0. The Morgan fingerprint density at radius 3 is 2.08 bits per heavy atom. The van der Waals surface area contributed by atoms with Gasteiger partial charge in [-0.3, -0.25) is 4.84 Å². The van der Waals surface area contributed by atoms with E-state index in [9.17, 15) is 0 Å². The second-order valence-electron chi connectivity index (χ2n) is 2.45. The molecular formula is C8H19NO3. The van der Waals surface area contributed by atoms with Crippen molar-refractivity contribution in [2.24, 2.45) is 0 Å². The highest BCUT2D eigenvalue weighted by atomic mass is 16.7. The first-order valence-electron chi connectivity index (χ1n) is 4.23. The van der Waals surface area contributed by atoms with Gasteiger partial charge in [0.25, 0.3) is 0 Å². The number of hydroxylamine groups is 2. The molecule has 4 nitrogen and oxygen atoms in total. The molecule has 0 saturated heterocycles. The maximum absolute atomic E-state index is 5.21. The molecule has 0 spiro atoms. The van der Waals surface area contributed by atoms with Gasteiger partial charge in [0, 0.05) is 20.7 Å². The highest BCUT2D eigenvalue weighted by Gasteiger charge is 1.90. The standard InChI is InChI=1S/C8H19NO3/c1-4-10-5-6-11-7-8-12-9(2)3/h4-8H2,1-3H3. The molecule has 0 aromatic rings. The number of nitrogens with zero attached hydrogens (tertiary/aromatic N) is 1. The number of ether oxygens (including phenoxy) is 2. The van der Waals surface area contributed by atoms with Gasteiger partial charge in [0.2, 0.25) is 0 Å². The molecule has 0 N–H and O–H groups in total. The minimum absolute atomic E-state index is 0.596. The fraction of sp³-hybridized carbons (Fsp3) is 1.00. The lowest BCUT2D eigenvalue weighted by Crippen LogP contribution is -2.17. The quantitative estimate of drug-likeness (QED) is 0.400. The summed E-state index contributed by atoms with van der Waals surface area (Å²) in [6.45, 7) is 5.24. The highest BCUT2D eigenvalue weighted by molar-refractivity contribution is 4.30. The van der Waals surface area contributed by atoms with Crippen molar-refractivity contribution in [1.82, 2.24) is 5.06 Å². The van der Waals surface area contributed by atoms with Crippen LogP contribution in [0.4, 0.5) is 0 Å². The lowest BCUT2D eigenvalue weighted by molar-refractivity contribution is -0.135. The van der Waals surface area contributed by atoms with Crippen LogP contribution < -0.4 is 0 Å². The third-order valence-electron chi connectivity index (χ3n) is 1.15. The molecule has 0 unspecified atom stereocenters. The molecule has 0 heterocycles. The van der Waals surface area contributed by atoms with Crippen LogP contribution in [0.25, 0.3) is 0 Å². The number of rotatable bonds is 8. The molecule has 0 saturated carbocycles. The van der Waals surface area contributed by atoms with Crippen LogP contribution >= 0.6 is 0 Å². The van der Waals surface area contributed by atoms with Gasteiger partial charge >= 0.3 is 0 Å². The molecule has 0 aromatic carbocycles. The minimum atomic E-state index is 0.596. The fourth-order valence-electron chi connectivity index (χ4n) is 0.643. The van der Waals surface area contributed by atoms with Crippen LogP contribution in [0.1, 0.15) is 6.92 Å². The van der Waals surface area contributed by atoms with Crippen LogP contribution in [-0.2, 0) is 14.3 Å². The molecule has 0 atom stereocenters. The monoisotopic (exact) mass is 177 g/mol. The predicted molar refractivity (Wildman–Crippen MR) is 47.0 cm³/mol. The van der Waals surface area contributed by atoms with E-state index in [0.29, 0.717) is 26.4 Å². The minimum Gasteiger partial charge on any atom is -0.379 e. The van der Waals surface area contributed by atoms with E-state index in [1.54, 1.807) is 5.06 Å². The van der Waals surface area contributed by atoms with Crippen molar-refractivity contribution in [3.05, 3.63) is 0 Å². The zero-order valence-electron chi connectivity index (χ0n) is 8.21. The molecular weight excluding hydrogens is 158 g/mol. The summed E-state index contributed by atoms with van der Waals surface area (Å²) in [5, 5.41) is 1.66. The average molecular weight is 177 g/mol. The van der Waals surface area contributed by atoms with Crippen molar-refractivity contribution >= 4 is 0 Å². The van der Waals surface area contributed by atoms with Crippen LogP contribution in [0.3, 0.4) is 0 Å². The van der Waals surface area contributed by atoms with Gasteiger partial charge in [0.1, 0.15) is 0 Å². The Morgan fingerprint density at radius 1 is 0.917 bits per heavy atom. The third kappa shape index (κ3) is 9.84. The van der Waals surface area contributed by atoms with E-state index in [1.165, 1.54) is 0 Å². The number of hydrogen-bond acceptors (Lipinski definition) is 4. The summed E-state index contributed by atoms with van der Waals surface area (Å²) in [5.41, 5.74) is 0. The first-order valence-corrected chi connectivity index (χ1v) is 4.23. The molecule has 12 heavy (non-hydrogen) atoms. The van der Waals surface area contributed by atoms with Gasteiger partial charge in [-0.1, -0.05) is 0 Å². The maximum atomic E-state index is 5.21. The lowest BCUT2D eigenvalue weighted by atomic mass is 10.7. The van der Waals surface area contributed by atoms with Gasteiger partial charge in [-0.25, -0.2) is 0 Å². The van der Waals surface area contributed by atoms with Gasteiger partial charge in [0.05, 0.1) is 26.4 Å². The Labute approximate surface area is 74.3 Å². The van der Waals surface area contributed by atoms with Crippen LogP contribution in [-0.4, -0.2) is 52.2 Å². The van der Waals surface area contributed by atoms with E-state index in [4.69, 9.17) is 14.3 Å². The van der Waals surface area contributed by atoms with Crippen molar-refractivity contribution in [1.29, 1.82) is 0 Å².